The predicted octanol–water partition coefficient (Wildman–Crippen LogP) is 5.12. The monoisotopic (exact) mass is 372 g/mol. The Bertz CT molecular complexity index is 886. The molecule has 1 aromatic heterocycles. The Balaban J connectivity index is 1.87. The van der Waals surface area contributed by atoms with Crippen molar-refractivity contribution < 1.29 is 22.0 Å². The van der Waals surface area contributed by atoms with Gasteiger partial charge in [-0.3, -0.25) is 0 Å². The van der Waals surface area contributed by atoms with Crippen LogP contribution in [0.1, 0.15) is 22.9 Å². The SMILES string of the molecule is Fc1ccc2[nH]c([C@@H](CS)Cc3ccc(C(F)(F)F)cc3)nc2c1F. The van der Waals surface area contributed by atoms with Crippen molar-refractivity contribution in [1.29, 1.82) is 0 Å². The summed E-state index contributed by atoms with van der Waals surface area (Å²) < 4.78 is 64.9. The first-order chi connectivity index (χ1) is 11.8. The minimum atomic E-state index is -4.39. The van der Waals surface area contributed by atoms with Crippen LogP contribution in [0.4, 0.5) is 22.0 Å². The molecule has 3 aromatic rings. The number of halogens is 5. The van der Waals surface area contributed by atoms with Crippen molar-refractivity contribution in [2.75, 3.05) is 5.75 Å². The van der Waals surface area contributed by atoms with E-state index in [0.717, 1.165) is 18.2 Å². The molecule has 3 rings (SSSR count). The van der Waals surface area contributed by atoms with E-state index in [0.29, 0.717) is 29.1 Å². The number of benzene rings is 2. The van der Waals surface area contributed by atoms with Crippen LogP contribution in [0.25, 0.3) is 11.0 Å². The van der Waals surface area contributed by atoms with E-state index in [-0.39, 0.29) is 11.4 Å². The number of imidazole rings is 1. The molecule has 0 aliphatic heterocycles. The molecule has 0 saturated carbocycles. The van der Waals surface area contributed by atoms with Crippen molar-refractivity contribution in [2.45, 2.75) is 18.5 Å². The lowest BCUT2D eigenvalue weighted by molar-refractivity contribution is -0.137. The number of nitrogens with one attached hydrogen (secondary N) is 1. The fraction of sp³-hybridized carbons (Fsp3) is 0.235. The van der Waals surface area contributed by atoms with Gasteiger partial charge in [0.1, 0.15) is 11.3 Å². The number of rotatable bonds is 4. The first-order valence-corrected chi connectivity index (χ1v) is 8.03. The average Bonchev–Trinajstić information content (AvgIpc) is 3.00. The third-order valence-corrected chi connectivity index (χ3v) is 4.38. The molecule has 0 amide bonds. The molecule has 0 radical (unpaired) electrons. The number of H-pyrrole nitrogens is 1. The summed E-state index contributed by atoms with van der Waals surface area (Å²) in [4.78, 5) is 7.02. The van der Waals surface area contributed by atoms with Crippen molar-refractivity contribution >= 4 is 23.7 Å². The van der Waals surface area contributed by atoms with Gasteiger partial charge in [0, 0.05) is 11.7 Å². The fourth-order valence-electron chi connectivity index (χ4n) is 2.59. The van der Waals surface area contributed by atoms with E-state index in [2.05, 4.69) is 22.6 Å². The maximum absolute atomic E-state index is 13.8. The molecule has 25 heavy (non-hydrogen) atoms. The third-order valence-electron chi connectivity index (χ3n) is 3.93. The molecule has 0 bridgehead atoms. The number of aromatic nitrogens is 2. The Hall–Kier alpha value is -2.09. The lowest BCUT2D eigenvalue weighted by atomic mass is 9.99. The predicted molar refractivity (Wildman–Crippen MR) is 87.8 cm³/mol. The molecule has 1 atom stereocenters. The van der Waals surface area contributed by atoms with Crippen molar-refractivity contribution in [2.24, 2.45) is 0 Å². The molecule has 2 aromatic carbocycles. The molecule has 0 saturated heterocycles. The summed E-state index contributed by atoms with van der Waals surface area (Å²) in [5, 5.41) is 0. The van der Waals surface area contributed by atoms with Crippen molar-refractivity contribution in [1.82, 2.24) is 9.97 Å². The topological polar surface area (TPSA) is 28.7 Å². The van der Waals surface area contributed by atoms with Gasteiger partial charge in [0.2, 0.25) is 0 Å². The molecular weight excluding hydrogens is 359 g/mol. The smallest absolute Gasteiger partial charge is 0.342 e. The summed E-state index contributed by atoms with van der Waals surface area (Å²) in [6, 6.07) is 7.20. The normalized spacial score (nSPS) is 13.4. The zero-order chi connectivity index (χ0) is 18.2. The van der Waals surface area contributed by atoms with Gasteiger partial charge in [-0.05, 0) is 36.2 Å². The van der Waals surface area contributed by atoms with Crippen LogP contribution in [-0.4, -0.2) is 15.7 Å². The van der Waals surface area contributed by atoms with Crippen molar-refractivity contribution in [3.05, 3.63) is 65.0 Å². The summed E-state index contributed by atoms with van der Waals surface area (Å²) in [5.74, 6) is -1.56. The van der Waals surface area contributed by atoms with E-state index in [1.807, 2.05) is 0 Å². The molecule has 0 spiro atoms. The Morgan fingerprint density at radius 3 is 2.32 bits per heavy atom. The van der Waals surface area contributed by atoms with E-state index in [9.17, 15) is 22.0 Å². The van der Waals surface area contributed by atoms with Gasteiger partial charge in [0.15, 0.2) is 11.6 Å². The summed E-state index contributed by atoms with van der Waals surface area (Å²) in [5.41, 5.74) is 0.196. The molecule has 8 heteroatoms. The lowest BCUT2D eigenvalue weighted by Crippen LogP contribution is -2.08. The first kappa shape index (κ1) is 17.7. The van der Waals surface area contributed by atoms with E-state index in [4.69, 9.17) is 0 Å². The molecule has 2 nitrogen and oxygen atoms in total. The minimum absolute atomic E-state index is 0.103. The van der Waals surface area contributed by atoms with Gasteiger partial charge >= 0.3 is 6.18 Å². The summed E-state index contributed by atoms with van der Waals surface area (Å²) in [6.07, 6.45) is -4.02. The van der Waals surface area contributed by atoms with Gasteiger partial charge in [0.25, 0.3) is 0 Å². The molecule has 1 heterocycles. The summed E-state index contributed by atoms with van der Waals surface area (Å²) >= 11 is 4.24. The Kier molecular flexibility index (Phi) is 4.73. The van der Waals surface area contributed by atoms with Gasteiger partial charge in [-0.25, -0.2) is 13.8 Å². The van der Waals surface area contributed by atoms with Crippen LogP contribution in [-0.2, 0) is 12.6 Å². The lowest BCUT2D eigenvalue weighted by Gasteiger charge is -2.13. The molecule has 132 valence electrons. The summed E-state index contributed by atoms with van der Waals surface area (Å²) in [7, 11) is 0. The highest BCUT2D eigenvalue weighted by molar-refractivity contribution is 7.80. The maximum Gasteiger partial charge on any atom is 0.416 e. The Morgan fingerprint density at radius 2 is 1.72 bits per heavy atom. The highest BCUT2D eigenvalue weighted by atomic mass is 32.1. The third kappa shape index (κ3) is 3.63. The second-order valence-electron chi connectivity index (χ2n) is 5.66. The molecule has 0 aliphatic carbocycles. The van der Waals surface area contributed by atoms with Crippen molar-refractivity contribution in [3.63, 3.8) is 0 Å². The quantitative estimate of drug-likeness (QED) is 0.483. The number of thiol groups is 1. The van der Waals surface area contributed by atoms with E-state index >= 15 is 0 Å². The van der Waals surface area contributed by atoms with Gasteiger partial charge in [-0.1, -0.05) is 12.1 Å². The zero-order valence-electron chi connectivity index (χ0n) is 12.7. The number of aromatic amines is 1. The second kappa shape index (κ2) is 6.67. The molecular formula is C17H13F5N2S. The first-order valence-electron chi connectivity index (χ1n) is 7.40. The van der Waals surface area contributed by atoms with Gasteiger partial charge in [-0.15, -0.1) is 0 Å². The van der Waals surface area contributed by atoms with E-state index in [1.165, 1.54) is 18.2 Å². The highest BCUT2D eigenvalue weighted by Gasteiger charge is 2.30. The maximum atomic E-state index is 13.8. The van der Waals surface area contributed by atoms with Crippen molar-refractivity contribution in [3.8, 4) is 0 Å². The summed E-state index contributed by atoms with van der Waals surface area (Å²) in [6.45, 7) is 0. The highest BCUT2D eigenvalue weighted by Crippen LogP contribution is 2.30. The molecule has 0 unspecified atom stereocenters. The van der Waals surface area contributed by atoms with Crippen LogP contribution in [0.5, 0.6) is 0 Å². The van der Waals surface area contributed by atoms with Crippen LogP contribution < -0.4 is 0 Å². The molecule has 0 fully saturated rings. The molecule has 1 N–H and O–H groups in total. The standard InChI is InChI=1S/C17H13F5N2S/c18-12-5-6-13-15(14(12)19)24-16(23-13)10(8-25)7-9-1-3-11(4-2-9)17(20,21)22/h1-6,10,25H,7-8H2,(H,23,24)/t10-/m1/s1. The van der Waals surface area contributed by atoms with Gasteiger partial charge < -0.3 is 4.98 Å². The second-order valence-corrected chi connectivity index (χ2v) is 6.02. The van der Waals surface area contributed by atoms with Crippen LogP contribution in [0, 0.1) is 11.6 Å². The Morgan fingerprint density at radius 1 is 1.04 bits per heavy atom. The molecule has 0 aliphatic rings. The van der Waals surface area contributed by atoms with Crippen LogP contribution in [0.15, 0.2) is 36.4 Å². The number of hydrogen-bond acceptors (Lipinski definition) is 2. The fourth-order valence-corrected chi connectivity index (χ4v) is 2.89. The van der Waals surface area contributed by atoms with E-state index in [1.54, 1.807) is 0 Å². The Labute approximate surface area is 145 Å². The number of fused-ring (bicyclic) bond motifs is 1. The largest absolute Gasteiger partial charge is 0.416 e. The zero-order valence-corrected chi connectivity index (χ0v) is 13.6. The van der Waals surface area contributed by atoms with Crippen LogP contribution in [0.2, 0.25) is 0 Å². The van der Waals surface area contributed by atoms with Gasteiger partial charge in [-0.2, -0.15) is 25.8 Å². The van der Waals surface area contributed by atoms with Crippen LogP contribution >= 0.6 is 12.6 Å². The number of nitrogens with zero attached hydrogens (tertiary/aromatic N) is 1. The van der Waals surface area contributed by atoms with Crippen LogP contribution in [0.3, 0.4) is 0 Å². The number of alkyl halides is 3. The van der Waals surface area contributed by atoms with E-state index < -0.39 is 23.4 Å². The minimum Gasteiger partial charge on any atom is -0.342 e. The number of hydrogen-bond donors (Lipinski definition) is 2. The average molecular weight is 372 g/mol. The van der Waals surface area contributed by atoms with Gasteiger partial charge in [0.05, 0.1) is 11.1 Å².